The molecule has 0 aliphatic carbocycles. The molecule has 1 aromatic heterocycles. The summed E-state index contributed by atoms with van der Waals surface area (Å²) in [5.41, 5.74) is 1.00. The van der Waals surface area contributed by atoms with Crippen molar-refractivity contribution < 1.29 is 4.79 Å². The molecule has 0 radical (unpaired) electrons. The highest BCUT2D eigenvalue weighted by atomic mass is 16.2. The van der Waals surface area contributed by atoms with Gasteiger partial charge in [0, 0.05) is 25.0 Å². The second-order valence-electron chi connectivity index (χ2n) is 5.11. The number of pyridine rings is 1. The lowest BCUT2D eigenvalue weighted by molar-refractivity contribution is -0.133. The van der Waals surface area contributed by atoms with Crippen LogP contribution in [-0.2, 0) is 11.2 Å². The molecule has 19 heavy (non-hydrogen) atoms. The van der Waals surface area contributed by atoms with Crippen molar-refractivity contribution in [2.45, 2.75) is 38.6 Å². The molecular weight excluding hydrogens is 238 g/mol. The maximum absolute atomic E-state index is 12.5. The van der Waals surface area contributed by atoms with E-state index in [1.54, 1.807) is 12.4 Å². The average Bonchev–Trinajstić information content (AvgIpc) is 2.46. The minimum absolute atomic E-state index is 0.238. The monoisotopic (exact) mass is 261 g/mol. The first kappa shape index (κ1) is 14.0. The highest BCUT2D eigenvalue weighted by molar-refractivity contribution is 5.79. The summed E-state index contributed by atoms with van der Waals surface area (Å²) in [6.45, 7) is 5.03. The van der Waals surface area contributed by atoms with Gasteiger partial charge in [-0.1, -0.05) is 13.0 Å². The molecule has 1 saturated heterocycles. The summed E-state index contributed by atoms with van der Waals surface area (Å²) in [5.74, 6) is 0.238. The quantitative estimate of drug-likeness (QED) is 0.876. The Morgan fingerprint density at radius 2 is 2.26 bits per heavy atom. The van der Waals surface area contributed by atoms with E-state index in [4.69, 9.17) is 0 Å². The zero-order valence-electron chi connectivity index (χ0n) is 11.6. The Morgan fingerprint density at radius 3 is 2.89 bits per heavy atom. The molecule has 2 rings (SSSR count). The van der Waals surface area contributed by atoms with Gasteiger partial charge in [0.1, 0.15) is 0 Å². The fourth-order valence-electron chi connectivity index (χ4n) is 2.65. The lowest BCUT2D eigenvalue weighted by Crippen LogP contribution is -2.47. The van der Waals surface area contributed by atoms with Crippen LogP contribution in [-0.4, -0.2) is 41.5 Å². The maximum atomic E-state index is 12.5. The van der Waals surface area contributed by atoms with Crippen LogP contribution in [0.25, 0.3) is 0 Å². The lowest BCUT2D eigenvalue weighted by Gasteiger charge is -2.34. The van der Waals surface area contributed by atoms with Crippen molar-refractivity contribution in [3.63, 3.8) is 0 Å². The van der Waals surface area contributed by atoms with Crippen molar-refractivity contribution in [2.24, 2.45) is 0 Å². The molecule has 0 bridgehead atoms. The summed E-state index contributed by atoms with van der Waals surface area (Å²) in [6, 6.07) is 4.26. The van der Waals surface area contributed by atoms with Gasteiger partial charge in [-0.2, -0.15) is 0 Å². The molecule has 104 valence electrons. The number of nitrogens with one attached hydrogen (secondary N) is 1. The zero-order chi connectivity index (χ0) is 13.5. The first-order chi connectivity index (χ1) is 9.31. The largest absolute Gasteiger partial charge is 0.339 e. The molecule has 4 heteroatoms. The summed E-state index contributed by atoms with van der Waals surface area (Å²) in [6.07, 6.45) is 7.15. The van der Waals surface area contributed by atoms with Gasteiger partial charge in [-0.05, 0) is 44.0 Å². The number of hydrogen-bond acceptors (Lipinski definition) is 3. The Hall–Kier alpha value is -1.42. The van der Waals surface area contributed by atoms with E-state index in [1.807, 2.05) is 12.1 Å². The number of rotatable bonds is 5. The minimum atomic E-state index is 0.238. The van der Waals surface area contributed by atoms with Gasteiger partial charge in [-0.25, -0.2) is 0 Å². The van der Waals surface area contributed by atoms with E-state index in [-0.39, 0.29) is 5.91 Å². The van der Waals surface area contributed by atoms with Gasteiger partial charge < -0.3 is 10.2 Å². The summed E-state index contributed by atoms with van der Waals surface area (Å²) >= 11 is 0. The van der Waals surface area contributed by atoms with Gasteiger partial charge in [0.25, 0.3) is 0 Å². The van der Waals surface area contributed by atoms with Crippen LogP contribution in [0, 0.1) is 0 Å². The highest BCUT2D eigenvalue weighted by Crippen LogP contribution is 2.14. The van der Waals surface area contributed by atoms with Crippen molar-refractivity contribution in [1.82, 2.24) is 15.2 Å². The summed E-state index contributed by atoms with van der Waals surface area (Å²) in [5, 5.41) is 3.35. The van der Waals surface area contributed by atoms with Gasteiger partial charge in [-0.3, -0.25) is 9.78 Å². The lowest BCUT2D eigenvalue weighted by atomic mass is 10.0. The number of carbonyl (C=O) groups is 1. The molecule has 1 aromatic rings. The number of nitrogens with zero attached hydrogens (tertiary/aromatic N) is 2. The van der Waals surface area contributed by atoms with Crippen LogP contribution in [0.1, 0.15) is 31.7 Å². The normalized spacial score (nSPS) is 16.3. The molecule has 0 aromatic carbocycles. The molecule has 1 N–H and O–H groups in total. The van der Waals surface area contributed by atoms with Crippen molar-refractivity contribution >= 4 is 5.91 Å². The Labute approximate surface area is 115 Å². The van der Waals surface area contributed by atoms with E-state index < -0.39 is 0 Å². The number of piperidine rings is 1. The molecule has 1 amide bonds. The Kier molecular flexibility index (Phi) is 5.33. The average molecular weight is 261 g/mol. The van der Waals surface area contributed by atoms with Crippen molar-refractivity contribution in [1.29, 1.82) is 0 Å². The predicted octanol–water partition coefficient (Wildman–Crippen LogP) is 1.61. The van der Waals surface area contributed by atoms with Gasteiger partial charge >= 0.3 is 0 Å². The van der Waals surface area contributed by atoms with Gasteiger partial charge in [0.15, 0.2) is 0 Å². The first-order valence-electron chi connectivity index (χ1n) is 7.20. The zero-order valence-corrected chi connectivity index (χ0v) is 11.6. The number of carbonyl (C=O) groups excluding carboxylic acids is 1. The SMILES string of the molecule is CCCN(C(=O)Cc1cccnc1)C1CCNCC1. The van der Waals surface area contributed by atoms with E-state index in [0.29, 0.717) is 12.5 Å². The van der Waals surface area contributed by atoms with Crippen LogP contribution < -0.4 is 5.32 Å². The van der Waals surface area contributed by atoms with Gasteiger partial charge in [0.05, 0.1) is 6.42 Å². The summed E-state index contributed by atoms with van der Waals surface area (Å²) in [4.78, 5) is 18.6. The third kappa shape index (κ3) is 4.03. The Balaban J connectivity index is 1.99. The third-order valence-electron chi connectivity index (χ3n) is 3.61. The third-order valence-corrected chi connectivity index (χ3v) is 3.61. The van der Waals surface area contributed by atoms with Crippen LogP contribution in [0.15, 0.2) is 24.5 Å². The van der Waals surface area contributed by atoms with E-state index >= 15 is 0 Å². The molecule has 0 atom stereocenters. The van der Waals surface area contributed by atoms with Crippen LogP contribution in [0.5, 0.6) is 0 Å². The first-order valence-corrected chi connectivity index (χ1v) is 7.20. The van der Waals surface area contributed by atoms with Crippen molar-refractivity contribution in [3.05, 3.63) is 30.1 Å². The number of aromatic nitrogens is 1. The molecule has 0 spiro atoms. The molecule has 0 saturated carbocycles. The van der Waals surface area contributed by atoms with Crippen LogP contribution in [0.2, 0.25) is 0 Å². The van der Waals surface area contributed by atoms with Crippen molar-refractivity contribution in [3.8, 4) is 0 Å². The number of amides is 1. The van der Waals surface area contributed by atoms with Crippen LogP contribution in [0.3, 0.4) is 0 Å². The second kappa shape index (κ2) is 7.24. The van der Waals surface area contributed by atoms with Gasteiger partial charge in [0.2, 0.25) is 5.91 Å². The molecule has 1 fully saturated rings. The predicted molar refractivity (Wildman–Crippen MR) is 75.8 cm³/mol. The van der Waals surface area contributed by atoms with Gasteiger partial charge in [-0.15, -0.1) is 0 Å². The molecule has 0 unspecified atom stereocenters. The van der Waals surface area contributed by atoms with Crippen LogP contribution in [0.4, 0.5) is 0 Å². The minimum Gasteiger partial charge on any atom is -0.339 e. The Morgan fingerprint density at radius 1 is 1.47 bits per heavy atom. The summed E-state index contributed by atoms with van der Waals surface area (Å²) < 4.78 is 0. The van der Waals surface area contributed by atoms with E-state index in [9.17, 15) is 4.79 Å². The van der Waals surface area contributed by atoms with E-state index in [1.165, 1.54) is 0 Å². The fraction of sp³-hybridized carbons (Fsp3) is 0.600. The molecule has 2 heterocycles. The fourth-order valence-corrected chi connectivity index (χ4v) is 2.65. The molecule has 4 nitrogen and oxygen atoms in total. The van der Waals surface area contributed by atoms with Crippen molar-refractivity contribution in [2.75, 3.05) is 19.6 Å². The standard InChI is InChI=1S/C15H23N3O/c1-2-10-18(14-5-8-16-9-6-14)15(19)11-13-4-3-7-17-12-13/h3-4,7,12,14,16H,2,5-6,8-11H2,1H3. The number of hydrogen-bond donors (Lipinski definition) is 1. The molecule has 1 aliphatic rings. The topological polar surface area (TPSA) is 45.2 Å². The molecular formula is C15H23N3O. The maximum Gasteiger partial charge on any atom is 0.227 e. The molecule has 1 aliphatic heterocycles. The smallest absolute Gasteiger partial charge is 0.227 e. The highest BCUT2D eigenvalue weighted by Gasteiger charge is 2.24. The van der Waals surface area contributed by atoms with Crippen LogP contribution >= 0.6 is 0 Å². The van der Waals surface area contributed by atoms with E-state index in [2.05, 4.69) is 22.1 Å². The van der Waals surface area contributed by atoms with E-state index in [0.717, 1.165) is 44.5 Å². The second-order valence-corrected chi connectivity index (χ2v) is 5.11. The Bertz CT molecular complexity index is 388. The summed E-state index contributed by atoms with van der Waals surface area (Å²) in [7, 11) is 0.